The Bertz CT molecular complexity index is 442. The highest BCUT2D eigenvalue weighted by molar-refractivity contribution is 5.68. The molecule has 0 radical (unpaired) electrons. The standard InChI is InChI=1S/C15H23N3O2/c1-15(2,3)20-14(19)18-9-8-16-11-13(18)10-12-6-4-5-7-17-12/h4-7,13,16H,8-11H2,1-3H3/t13-/m0/s1. The molecule has 0 spiro atoms. The largest absolute Gasteiger partial charge is 0.444 e. The Morgan fingerprint density at radius 3 is 2.95 bits per heavy atom. The third kappa shape index (κ3) is 4.20. The van der Waals surface area contributed by atoms with Crippen molar-refractivity contribution < 1.29 is 9.53 Å². The Morgan fingerprint density at radius 2 is 2.30 bits per heavy atom. The number of nitrogens with zero attached hydrogens (tertiary/aromatic N) is 2. The van der Waals surface area contributed by atoms with Crippen molar-refractivity contribution in [1.29, 1.82) is 0 Å². The van der Waals surface area contributed by atoms with E-state index in [1.807, 2.05) is 43.9 Å². The highest BCUT2D eigenvalue weighted by Crippen LogP contribution is 2.15. The van der Waals surface area contributed by atoms with E-state index < -0.39 is 5.60 Å². The molecule has 1 aromatic rings. The Morgan fingerprint density at radius 1 is 1.50 bits per heavy atom. The van der Waals surface area contributed by atoms with Gasteiger partial charge in [-0.2, -0.15) is 0 Å². The summed E-state index contributed by atoms with van der Waals surface area (Å²) in [5, 5.41) is 3.33. The number of amides is 1. The van der Waals surface area contributed by atoms with Gasteiger partial charge < -0.3 is 15.0 Å². The Balaban J connectivity index is 2.03. The number of aromatic nitrogens is 1. The van der Waals surface area contributed by atoms with Crippen LogP contribution in [0.25, 0.3) is 0 Å². The molecule has 0 unspecified atom stereocenters. The topological polar surface area (TPSA) is 54.5 Å². The molecule has 1 amide bonds. The molecule has 1 aliphatic rings. The molecule has 1 fully saturated rings. The second-order valence-corrected chi connectivity index (χ2v) is 6.06. The molecule has 1 N–H and O–H groups in total. The fraction of sp³-hybridized carbons (Fsp3) is 0.600. The molecule has 110 valence electrons. The highest BCUT2D eigenvalue weighted by atomic mass is 16.6. The molecule has 0 aromatic carbocycles. The van der Waals surface area contributed by atoms with Crippen molar-refractivity contribution >= 4 is 6.09 Å². The third-order valence-corrected chi connectivity index (χ3v) is 3.15. The Kier molecular flexibility index (Phi) is 4.60. The number of piperazine rings is 1. The summed E-state index contributed by atoms with van der Waals surface area (Å²) in [6.45, 7) is 7.92. The van der Waals surface area contributed by atoms with Crippen molar-refractivity contribution in [1.82, 2.24) is 15.2 Å². The fourth-order valence-electron chi connectivity index (χ4n) is 2.26. The lowest BCUT2D eigenvalue weighted by Crippen LogP contribution is -2.55. The van der Waals surface area contributed by atoms with E-state index in [-0.39, 0.29) is 12.1 Å². The number of carbonyl (C=O) groups is 1. The monoisotopic (exact) mass is 277 g/mol. The van der Waals surface area contributed by atoms with Gasteiger partial charge in [-0.05, 0) is 32.9 Å². The van der Waals surface area contributed by atoms with Gasteiger partial charge in [0.2, 0.25) is 0 Å². The number of nitrogens with one attached hydrogen (secondary N) is 1. The molecular formula is C15H23N3O2. The van der Waals surface area contributed by atoms with Gasteiger partial charge in [0, 0.05) is 37.9 Å². The number of hydrogen-bond acceptors (Lipinski definition) is 4. The Labute approximate surface area is 120 Å². The maximum atomic E-state index is 12.3. The lowest BCUT2D eigenvalue weighted by Gasteiger charge is -2.37. The van der Waals surface area contributed by atoms with Gasteiger partial charge in [0.05, 0.1) is 6.04 Å². The molecular weight excluding hydrogens is 254 g/mol. The van der Waals surface area contributed by atoms with Crippen molar-refractivity contribution in [3.8, 4) is 0 Å². The summed E-state index contributed by atoms with van der Waals surface area (Å²) in [6.07, 6.45) is 2.29. The molecule has 1 aliphatic heterocycles. The van der Waals surface area contributed by atoms with E-state index in [9.17, 15) is 4.79 Å². The molecule has 2 heterocycles. The summed E-state index contributed by atoms with van der Waals surface area (Å²) in [6, 6.07) is 5.94. The van der Waals surface area contributed by atoms with Crippen molar-refractivity contribution in [2.45, 2.75) is 38.8 Å². The summed E-state index contributed by atoms with van der Waals surface area (Å²) in [4.78, 5) is 18.4. The van der Waals surface area contributed by atoms with Crippen LogP contribution in [0.2, 0.25) is 0 Å². The van der Waals surface area contributed by atoms with Crippen LogP contribution in [-0.2, 0) is 11.2 Å². The molecule has 0 saturated carbocycles. The first kappa shape index (κ1) is 14.8. The fourth-order valence-corrected chi connectivity index (χ4v) is 2.26. The smallest absolute Gasteiger partial charge is 0.410 e. The van der Waals surface area contributed by atoms with E-state index in [1.54, 1.807) is 6.20 Å². The number of carbonyl (C=O) groups excluding carboxylic acids is 1. The van der Waals surface area contributed by atoms with Crippen molar-refractivity contribution in [3.05, 3.63) is 30.1 Å². The van der Waals surface area contributed by atoms with Crippen molar-refractivity contribution in [2.24, 2.45) is 0 Å². The predicted octanol–water partition coefficient (Wildman–Crippen LogP) is 1.83. The molecule has 0 aliphatic carbocycles. The Hall–Kier alpha value is -1.62. The van der Waals surface area contributed by atoms with E-state index in [1.165, 1.54) is 0 Å². The molecule has 5 heteroatoms. The normalized spacial score (nSPS) is 19.8. The van der Waals surface area contributed by atoms with Gasteiger partial charge >= 0.3 is 6.09 Å². The quantitative estimate of drug-likeness (QED) is 0.896. The van der Waals surface area contributed by atoms with Crippen molar-refractivity contribution in [2.75, 3.05) is 19.6 Å². The molecule has 1 saturated heterocycles. The second kappa shape index (κ2) is 6.22. The van der Waals surface area contributed by atoms with Crippen LogP contribution in [0.5, 0.6) is 0 Å². The van der Waals surface area contributed by atoms with E-state index in [0.29, 0.717) is 6.54 Å². The van der Waals surface area contributed by atoms with Crippen LogP contribution in [0.4, 0.5) is 4.79 Å². The minimum absolute atomic E-state index is 0.0912. The molecule has 2 rings (SSSR count). The number of pyridine rings is 1. The van der Waals surface area contributed by atoms with E-state index >= 15 is 0 Å². The average molecular weight is 277 g/mol. The summed E-state index contributed by atoms with van der Waals surface area (Å²) in [5.74, 6) is 0. The van der Waals surface area contributed by atoms with Gasteiger partial charge in [0.25, 0.3) is 0 Å². The van der Waals surface area contributed by atoms with E-state index in [0.717, 1.165) is 25.2 Å². The summed E-state index contributed by atoms with van der Waals surface area (Å²) in [7, 11) is 0. The predicted molar refractivity (Wildman–Crippen MR) is 77.5 cm³/mol. The molecule has 20 heavy (non-hydrogen) atoms. The van der Waals surface area contributed by atoms with E-state index in [2.05, 4.69) is 10.3 Å². The van der Waals surface area contributed by atoms with Crippen LogP contribution >= 0.6 is 0 Å². The lowest BCUT2D eigenvalue weighted by atomic mass is 10.1. The zero-order valence-electron chi connectivity index (χ0n) is 12.4. The van der Waals surface area contributed by atoms with Gasteiger partial charge in [-0.1, -0.05) is 6.07 Å². The van der Waals surface area contributed by atoms with Gasteiger partial charge in [0.15, 0.2) is 0 Å². The first-order chi connectivity index (χ1) is 9.46. The van der Waals surface area contributed by atoms with Gasteiger partial charge in [0.1, 0.15) is 5.60 Å². The number of rotatable bonds is 2. The number of ether oxygens (including phenoxy) is 1. The highest BCUT2D eigenvalue weighted by Gasteiger charge is 2.30. The van der Waals surface area contributed by atoms with Crippen LogP contribution in [0, 0.1) is 0 Å². The first-order valence-corrected chi connectivity index (χ1v) is 7.06. The zero-order chi connectivity index (χ0) is 14.6. The molecule has 5 nitrogen and oxygen atoms in total. The van der Waals surface area contributed by atoms with Crippen molar-refractivity contribution in [3.63, 3.8) is 0 Å². The minimum atomic E-state index is -0.461. The number of hydrogen-bond donors (Lipinski definition) is 1. The molecule has 1 aromatic heterocycles. The summed E-state index contributed by atoms with van der Waals surface area (Å²) < 4.78 is 5.48. The van der Waals surface area contributed by atoms with Crippen LogP contribution in [0.3, 0.4) is 0 Å². The van der Waals surface area contributed by atoms with Gasteiger partial charge in [-0.15, -0.1) is 0 Å². The van der Waals surface area contributed by atoms with Crippen LogP contribution < -0.4 is 5.32 Å². The van der Waals surface area contributed by atoms with Gasteiger partial charge in [-0.25, -0.2) is 4.79 Å². The SMILES string of the molecule is CC(C)(C)OC(=O)N1CCNC[C@@H]1Cc1ccccn1. The molecule has 0 bridgehead atoms. The van der Waals surface area contributed by atoms with E-state index in [4.69, 9.17) is 4.74 Å². The second-order valence-electron chi connectivity index (χ2n) is 6.06. The maximum Gasteiger partial charge on any atom is 0.410 e. The average Bonchev–Trinajstić information content (AvgIpc) is 2.38. The van der Waals surface area contributed by atoms with Crippen LogP contribution in [-0.4, -0.2) is 47.3 Å². The summed E-state index contributed by atoms with van der Waals surface area (Å²) in [5.41, 5.74) is 0.534. The zero-order valence-corrected chi connectivity index (χ0v) is 12.4. The minimum Gasteiger partial charge on any atom is -0.444 e. The van der Waals surface area contributed by atoms with Crippen LogP contribution in [0.1, 0.15) is 26.5 Å². The third-order valence-electron chi connectivity index (χ3n) is 3.15. The lowest BCUT2D eigenvalue weighted by molar-refractivity contribution is 0.0121. The molecule has 1 atom stereocenters. The maximum absolute atomic E-state index is 12.3. The van der Waals surface area contributed by atoms with Crippen LogP contribution in [0.15, 0.2) is 24.4 Å². The summed E-state index contributed by atoms with van der Waals surface area (Å²) >= 11 is 0. The first-order valence-electron chi connectivity index (χ1n) is 7.06. The van der Waals surface area contributed by atoms with Gasteiger partial charge in [-0.3, -0.25) is 4.98 Å².